The van der Waals surface area contributed by atoms with E-state index in [1.54, 1.807) is 42.7 Å². The molecule has 0 aliphatic heterocycles. The van der Waals surface area contributed by atoms with Crippen LogP contribution in [0.4, 0.5) is 5.82 Å². The minimum atomic E-state index is 0.144. The molecule has 0 atom stereocenters. The van der Waals surface area contributed by atoms with E-state index in [2.05, 4.69) is 4.98 Å². The molecule has 0 saturated heterocycles. The van der Waals surface area contributed by atoms with E-state index in [9.17, 15) is 5.26 Å². The lowest BCUT2D eigenvalue weighted by molar-refractivity contribution is 0.580. The van der Waals surface area contributed by atoms with Gasteiger partial charge in [-0.15, -0.1) is 0 Å². The van der Waals surface area contributed by atoms with Crippen LogP contribution in [-0.2, 0) is 0 Å². The maximum Gasteiger partial charge on any atom is 0.152 e. The third-order valence-electron chi connectivity index (χ3n) is 3.10. The van der Waals surface area contributed by atoms with Gasteiger partial charge in [-0.1, -0.05) is 23.2 Å². The van der Waals surface area contributed by atoms with E-state index in [4.69, 9.17) is 33.4 Å². The first-order chi connectivity index (χ1) is 10.6. The minimum Gasteiger partial charge on any atom is -0.463 e. The molecular weight excluding hydrogens is 321 g/mol. The van der Waals surface area contributed by atoms with E-state index in [1.807, 2.05) is 6.07 Å². The Hall–Kier alpha value is -2.48. The number of nitriles is 1. The van der Waals surface area contributed by atoms with Crippen molar-refractivity contribution in [3.05, 3.63) is 58.3 Å². The molecule has 3 rings (SSSR count). The third-order valence-corrected chi connectivity index (χ3v) is 3.54. The van der Waals surface area contributed by atoms with Crippen LogP contribution in [0, 0.1) is 11.3 Å². The zero-order valence-electron chi connectivity index (χ0n) is 11.2. The summed E-state index contributed by atoms with van der Waals surface area (Å²) < 4.78 is 5.40. The van der Waals surface area contributed by atoms with Gasteiger partial charge in [0.25, 0.3) is 0 Å². The van der Waals surface area contributed by atoms with Crippen molar-refractivity contribution in [1.29, 1.82) is 5.26 Å². The Morgan fingerprint density at radius 3 is 2.45 bits per heavy atom. The molecule has 2 aromatic heterocycles. The van der Waals surface area contributed by atoms with E-state index >= 15 is 0 Å². The minimum absolute atomic E-state index is 0.144. The van der Waals surface area contributed by atoms with Crippen LogP contribution in [0.25, 0.3) is 22.6 Å². The molecule has 2 heterocycles. The van der Waals surface area contributed by atoms with Crippen molar-refractivity contribution in [2.45, 2.75) is 0 Å². The van der Waals surface area contributed by atoms with Crippen LogP contribution in [0.5, 0.6) is 0 Å². The number of aromatic nitrogens is 1. The normalized spacial score (nSPS) is 10.4. The predicted molar refractivity (Wildman–Crippen MR) is 86.5 cm³/mol. The second-order valence-corrected chi connectivity index (χ2v) is 5.44. The Morgan fingerprint density at radius 1 is 1.14 bits per heavy atom. The number of furan rings is 1. The molecule has 0 aliphatic rings. The van der Waals surface area contributed by atoms with Crippen molar-refractivity contribution in [1.82, 2.24) is 4.98 Å². The van der Waals surface area contributed by atoms with Gasteiger partial charge in [-0.05, 0) is 42.0 Å². The molecular formula is C16H9Cl2N3O. The summed E-state index contributed by atoms with van der Waals surface area (Å²) in [7, 11) is 0. The van der Waals surface area contributed by atoms with Crippen LogP contribution >= 0.6 is 23.2 Å². The number of benzene rings is 1. The van der Waals surface area contributed by atoms with Gasteiger partial charge in [-0.25, -0.2) is 4.98 Å². The van der Waals surface area contributed by atoms with Gasteiger partial charge in [0.05, 0.1) is 11.8 Å². The van der Waals surface area contributed by atoms with Gasteiger partial charge in [-0.2, -0.15) is 5.26 Å². The van der Waals surface area contributed by atoms with E-state index < -0.39 is 0 Å². The number of nitrogens with two attached hydrogens (primary N) is 1. The van der Waals surface area contributed by atoms with Crippen LogP contribution in [0.1, 0.15) is 5.56 Å². The van der Waals surface area contributed by atoms with Gasteiger partial charge in [-0.3, -0.25) is 0 Å². The number of anilines is 1. The van der Waals surface area contributed by atoms with Gasteiger partial charge < -0.3 is 10.2 Å². The average molecular weight is 330 g/mol. The molecule has 108 valence electrons. The zero-order valence-corrected chi connectivity index (χ0v) is 12.7. The fraction of sp³-hybridized carbons (Fsp3) is 0. The molecule has 0 fully saturated rings. The molecule has 0 unspecified atom stereocenters. The van der Waals surface area contributed by atoms with Crippen molar-refractivity contribution in [2.24, 2.45) is 0 Å². The first kappa shape index (κ1) is 14.5. The second kappa shape index (κ2) is 5.72. The number of nitrogen functional groups attached to an aromatic ring is 1. The maximum atomic E-state index is 9.17. The van der Waals surface area contributed by atoms with Crippen LogP contribution in [0.2, 0.25) is 10.0 Å². The topological polar surface area (TPSA) is 75.8 Å². The van der Waals surface area contributed by atoms with E-state index in [1.165, 1.54) is 0 Å². The fourth-order valence-electron chi connectivity index (χ4n) is 2.15. The summed E-state index contributed by atoms with van der Waals surface area (Å²) in [6.45, 7) is 0. The number of halogens is 2. The largest absolute Gasteiger partial charge is 0.463 e. The lowest BCUT2D eigenvalue weighted by atomic mass is 10.0. The number of hydrogen-bond acceptors (Lipinski definition) is 4. The second-order valence-electron chi connectivity index (χ2n) is 4.56. The smallest absolute Gasteiger partial charge is 0.152 e. The molecule has 1 aromatic carbocycles. The molecule has 0 radical (unpaired) electrons. The Labute approximate surface area is 136 Å². The summed E-state index contributed by atoms with van der Waals surface area (Å²) in [6.07, 6.45) is 1.54. The Bertz CT molecular complexity index is 863. The highest BCUT2D eigenvalue weighted by Gasteiger charge is 2.16. The molecule has 0 spiro atoms. The number of pyridine rings is 1. The number of nitrogens with zero attached hydrogens (tertiary/aromatic N) is 2. The lowest BCUT2D eigenvalue weighted by Gasteiger charge is -2.10. The molecule has 0 aliphatic carbocycles. The first-order valence-corrected chi connectivity index (χ1v) is 7.05. The van der Waals surface area contributed by atoms with Gasteiger partial charge in [0.1, 0.15) is 17.6 Å². The SMILES string of the molecule is N#Cc1cc(-c2cc(Cl)cc(Cl)c2)c(-c2ccco2)nc1N. The highest BCUT2D eigenvalue weighted by Crippen LogP contribution is 2.35. The molecule has 2 N–H and O–H groups in total. The van der Waals surface area contributed by atoms with Crippen molar-refractivity contribution >= 4 is 29.0 Å². The van der Waals surface area contributed by atoms with E-state index in [0.717, 1.165) is 5.56 Å². The third kappa shape index (κ3) is 2.64. The molecule has 3 aromatic rings. The van der Waals surface area contributed by atoms with Crippen LogP contribution in [-0.4, -0.2) is 4.98 Å². The molecule has 0 amide bonds. The summed E-state index contributed by atoms with van der Waals surface area (Å²) in [4.78, 5) is 4.30. The van der Waals surface area contributed by atoms with E-state index in [0.29, 0.717) is 27.1 Å². The highest BCUT2D eigenvalue weighted by atomic mass is 35.5. The summed E-state index contributed by atoms with van der Waals surface area (Å²) in [5.41, 5.74) is 8.02. The van der Waals surface area contributed by atoms with Crippen molar-refractivity contribution in [3.8, 4) is 28.7 Å². The first-order valence-electron chi connectivity index (χ1n) is 6.29. The highest BCUT2D eigenvalue weighted by molar-refractivity contribution is 6.35. The van der Waals surface area contributed by atoms with E-state index in [-0.39, 0.29) is 11.4 Å². The van der Waals surface area contributed by atoms with Crippen molar-refractivity contribution in [3.63, 3.8) is 0 Å². The molecule has 0 saturated carbocycles. The summed E-state index contributed by atoms with van der Waals surface area (Å²) in [5.74, 6) is 0.688. The standard InChI is InChI=1S/C16H9Cl2N3O/c17-11-4-9(5-12(18)7-11)13-6-10(8-19)16(20)21-15(13)14-2-1-3-22-14/h1-7H,(H2,20,21). The van der Waals surface area contributed by atoms with Gasteiger partial charge in [0.2, 0.25) is 0 Å². The number of hydrogen-bond donors (Lipinski definition) is 1. The summed E-state index contributed by atoms with van der Waals surface area (Å²) in [6, 6.07) is 12.3. The van der Waals surface area contributed by atoms with Crippen LogP contribution in [0.3, 0.4) is 0 Å². The quantitative estimate of drug-likeness (QED) is 0.734. The monoisotopic (exact) mass is 329 g/mol. The Morgan fingerprint density at radius 2 is 1.86 bits per heavy atom. The predicted octanol–water partition coefficient (Wildman–Crippen LogP) is 4.77. The lowest BCUT2D eigenvalue weighted by Crippen LogP contribution is -1.99. The maximum absolute atomic E-state index is 9.17. The summed E-state index contributed by atoms with van der Waals surface area (Å²) >= 11 is 12.1. The van der Waals surface area contributed by atoms with Crippen molar-refractivity contribution in [2.75, 3.05) is 5.73 Å². The molecule has 0 bridgehead atoms. The van der Waals surface area contributed by atoms with Crippen LogP contribution < -0.4 is 5.73 Å². The van der Waals surface area contributed by atoms with Gasteiger partial charge in [0.15, 0.2) is 5.76 Å². The van der Waals surface area contributed by atoms with Crippen molar-refractivity contribution < 1.29 is 4.42 Å². The molecule has 4 nitrogen and oxygen atoms in total. The molecule has 6 heteroatoms. The molecule has 22 heavy (non-hydrogen) atoms. The summed E-state index contributed by atoms with van der Waals surface area (Å²) in [5, 5.41) is 10.2. The Balaban J connectivity index is 2.31. The van der Waals surface area contributed by atoms with Crippen LogP contribution in [0.15, 0.2) is 47.1 Å². The average Bonchev–Trinajstić information content (AvgIpc) is 3.00. The Kier molecular flexibility index (Phi) is 3.76. The number of rotatable bonds is 2. The fourth-order valence-corrected chi connectivity index (χ4v) is 2.67. The van der Waals surface area contributed by atoms with Gasteiger partial charge >= 0.3 is 0 Å². The zero-order chi connectivity index (χ0) is 15.7. The van der Waals surface area contributed by atoms with Gasteiger partial charge in [0, 0.05) is 15.6 Å².